The zero-order valence-electron chi connectivity index (χ0n) is 10.8. The number of aromatic nitrogens is 1. The molecule has 0 atom stereocenters. The minimum absolute atomic E-state index is 0.243. The molecular formula is C17H13FN2. The quantitative estimate of drug-likeness (QED) is 0.746. The average Bonchev–Trinajstić information content (AvgIpc) is 2.49. The molecule has 0 spiro atoms. The van der Waals surface area contributed by atoms with Crippen LogP contribution < -0.4 is 5.32 Å². The van der Waals surface area contributed by atoms with Gasteiger partial charge < -0.3 is 5.32 Å². The summed E-state index contributed by atoms with van der Waals surface area (Å²) in [5.74, 6) is -0.243. The van der Waals surface area contributed by atoms with Crippen molar-refractivity contribution in [3.05, 3.63) is 78.7 Å². The van der Waals surface area contributed by atoms with E-state index in [2.05, 4.69) is 10.3 Å². The van der Waals surface area contributed by atoms with Crippen molar-refractivity contribution in [2.45, 2.75) is 0 Å². The van der Waals surface area contributed by atoms with Gasteiger partial charge in [0, 0.05) is 23.1 Å². The molecular weight excluding hydrogens is 251 g/mol. The van der Waals surface area contributed by atoms with Crippen LogP contribution in [0.3, 0.4) is 0 Å². The van der Waals surface area contributed by atoms with E-state index in [1.54, 1.807) is 18.3 Å². The third-order valence-corrected chi connectivity index (χ3v) is 2.96. The van der Waals surface area contributed by atoms with Crippen LogP contribution in [0.15, 0.2) is 72.9 Å². The van der Waals surface area contributed by atoms with E-state index in [1.807, 2.05) is 42.5 Å². The molecule has 1 N–H and O–H groups in total. The first-order chi connectivity index (χ1) is 9.81. The second kappa shape index (κ2) is 5.53. The lowest BCUT2D eigenvalue weighted by Gasteiger charge is -2.08. The second-order valence-electron chi connectivity index (χ2n) is 4.43. The largest absolute Gasteiger partial charge is 0.355 e. The highest BCUT2D eigenvalue weighted by Crippen LogP contribution is 2.22. The number of nitrogens with one attached hydrogen (secondary N) is 1. The molecule has 0 unspecified atom stereocenters. The Balaban J connectivity index is 1.88. The first-order valence-electron chi connectivity index (χ1n) is 6.35. The molecule has 0 amide bonds. The van der Waals surface area contributed by atoms with Crippen LogP contribution in [0.2, 0.25) is 0 Å². The number of rotatable bonds is 3. The zero-order valence-corrected chi connectivity index (χ0v) is 10.8. The molecule has 3 rings (SSSR count). The molecule has 1 heterocycles. The van der Waals surface area contributed by atoms with E-state index in [1.165, 1.54) is 12.1 Å². The smallest absolute Gasteiger partial charge is 0.123 e. The van der Waals surface area contributed by atoms with Crippen molar-refractivity contribution in [3.63, 3.8) is 0 Å². The van der Waals surface area contributed by atoms with E-state index in [9.17, 15) is 4.39 Å². The molecule has 1 aromatic heterocycles. The highest BCUT2D eigenvalue weighted by molar-refractivity contribution is 5.67. The first-order valence-corrected chi connectivity index (χ1v) is 6.35. The average molecular weight is 264 g/mol. The van der Waals surface area contributed by atoms with Crippen LogP contribution in [0, 0.1) is 5.82 Å². The Morgan fingerprint density at radius 2 is 1.55 bits per heavy atom. The zero-order chi connectivity index (χ0) is 13.8. The number of anilines is 2. The summed E-state index contributed by atoms with van der Waals surface area (Å²) in [7, 11) is 0. The van der Waals surface area contributed by atoms with Crippen LogP contribution in [0.4, 0.5) is 15.8 Å². The predicted molar refractivity (Wildman–Crippen MR) is 79.4 cm³/mol. The van der Waals surface area contributed by atoms with Crippen molar-refractivity contribution in [2.24, 2.45) is 0 Å². The van der Waals surface area contributed by atoms with Gasteiger partial charge in [-0.05, 0) is 48.5 Å². The van der Waals surface area contributed by atoms with Gasteiger partial charge in [0.2, 0.25) is 0 Å². The Bertz CT molecular complexity index is 694. The lowest BCUT2D eigenvalue weighted by Crippen LogP contribution is -1.91. The summed E-state index contributed by atoms with van der Waals surface area (Å²) in [6, 6.07) is 20.1. The summed E-state index contributed by atoms with van der Waals surface area (Å²) >= 11 is 0. The Morgan fingerprint density at radius 1 is 0.800 bits per heavy atom. The molecule has 0 saturated heterocycles. The van der Waals surface area contributed by atoms with Gasteiger partial charge in [-0.1, -0.05) is 18.2 Å². The van der Waals surface area contributed by atoms with Crippen molar-refractivity contribution < 1.29 is 4.39 Å². The van der Waals surface area contributed by atoms with Crippen LogP contribution in [-0.4, -0.2) is 4.98 Å². The number of halogens is 1. The normalized spacial score (nSPS) is 10.2. The number of pyridine rings is 1. The maximum absolute atomic E-state index is 12.9. The number of hydrogen-bond acceptors (Lipinski definition) is 2. The monoisotopic (exact) mass is 264 g/mol. The molecule has 0 radical (unpaired) electrons. The Morgan fingerprint density at radius 3 is 2.30 bits per heavy atom. The molecule has 2 aromatic carbocycles. The van der Waals surface area contributed by atoms with E-state index in [0.717, 1.165) is 22.6 Å². The number of para-hydroxylation sites is 1. The molecule has 0 aliphatic rings. The van der Waals surface area contributed by atoms with E-state index in [-0.39, 0.29) is 5.82 Å². The lowest BCUT2D eigenvalue weighted by molar-refractivity contribution is 0.628. The van der Waals surface area contributed by atoms with Crippen LogP contribution in [0.25, 0.3) is 11.3 Å². The maximum Gasteiger partial charge on any atom is 0.123 e. The highest BCUT2D eigenvalue weighted by Gasteiger charge is 2.01. The topological polar surface area (TPSA) is 24.9 Å². The fraction of sp³-hybridized carbons (Fsp3) is 0. The molecule has 0 saturated carbocycles. The van der Waals surface area contributed by atoms with Crippen LogP contribution in [0.1, 0.15) is 0 Å². The fourth-order valence-electron chi connectivity index (χ4n) is 1.97. The molecule has 98 valence electrons. The van der Waals surface area contributed by atoms with Crippen molar-refractivity contribution in [1.29, 1.82) is 0 Å². The number of nitrogens with zero attached hydrogens (tertiary/aromatic N) is 1. The van der Waals surface area contributed by atoms with Crippen molar-refractivity contribution in [3.8, 4) is 11.3 Å². The third-order valence-electron chi connectivity index (χ3n) is 2.96. The Labute approximate surface area is 116 Å². The van der Waals surface area contributed by atoms with Gasteiger partial charge in [-0.3, -0.25) is 4.98 Å². The van der Waals surface area contributed by atoms with Gasteiger partial charge in [-0.15, -0.1) is 0 Å². The molecule has 3 aromatic rings. The molecule has 20 heavy (non-hydrogen) atoms. The van der Waals surface area contributed by atoms with Gasteiger partial charge in [0.05, 0.1) is 5.69 Å². The summed E-state index contributed by atoms with van der Waals surface area (Å²) in [5, 5.41) is 3.31. The van der Waals surface area contributed by atoms with Gasteiger partial charge in [0.15, 0.2) is 0 Å². The minimum atomic E-state index is -0.243. The van der Waals surface area contributed by atoms with Crippen molar-refractivity contribution in [2.75, 3.05) is 5.32 Å². The molecule has 3 heteroatoms. The fourth-order valence-corrected chi connectivity index (χ4v) is 1.97. The van der Waals surface area contributed by atoms with Crippen LogP contribution in [-0.2, 0) is 0 Å². The maximum atomic E-state index is 12.9. The van der Waals surface area contributed by atoms with Gasteiger partial charge in [0.1, 0.15) is 5.82 Å². The van der Waals surface area contributed by atoms with Crippen molar-refractivity contribution >= 4 is 11.4 Å². The van der Waals surface area contributed by atoms with Gasteiger partial charge in [0.25, 0.3) is 0 Å². The molecule has 0 bridgehead atoms. The third kappa shape index (κ3) is 2.83. The summed E-state index contributed by atoms with van der Waals surface area (Å²) in [4.78, 5) is 4.32. The van der Waals surface area contributed by atoms with Crippen LogP contribution >= 0.6 is 0 Å². The molecule has 0 aliphatic carbocycles. The standard InChI is InChI=1S/C17H13FN2/c18-14-8-6-13(7-9-14)17-12-16(10-11-19-17)20-15-4-2-1-3-5-15/h1-12H,(H,19,20). The lowest BCUT2D eigenvalue weighted by atomic mass is 10.1. The van der Waals surface area contributed by atoms with Gasteiger partial charge in [-0.2, -0.15) is 0 Å². The second-order valence-corrected chi connectivity index (χ2v) is 4.43. The summed E-state index contributed by atoms with van der Waals surface area (Å²) in [6.07, 6.45) is 1.74. The number of hydrogen-bond donors (Lipinski definition) is 1. The summed E-state index contributed by atoms with van der Waals surface area (Å²) in [6.45, 7) is 0. The predicted octanol–water partition coefficient (Wildman–Crippen LogP) is 4.63. The highest BCUT2D eigenvalue weighted by atomic mass is 19.1. The van der Waals surface area contributed by atoms with Gasteiger partial charge in [-0.25, -0.2) is 4.39 Å². The molecule has 0 aliphatic heterocycles. The summed E-state index contributed by atoms with van der Waals surface area (Å²) in [5.41, 5.74) is 3.67. The number of benzene rings is 2. The van der Waals surface area contributed by atoms with Crippen molar-refractivity contribution in [1.82, 2.24) is 4.98 Å². The minimum Gasteiger partial charge on any atom is -0.355 e. The van der Waals surface area contributed by atoms with E-state index in [0.29, 0.717) is 0 Å². The SMILES string of the molecule is Fc1ccc(-c2cc(Nc3ccccc3)ccn2)cc1. The van der Waals surface area contributed by atoms with E-state index >= 15 is 0 Å². The van der Waals surface area contributed by atoms with Crippen LogP contribution in [0.5, 0.6) is 0 Å². The Hall–Kier alpha value is -2.68. The van der Waals surface area contributed by atoms with E-state index in [4.69, 9.17) is 0 Å². The first kappa shape index (κ1) is 12.4. The van der Waals surface area contributed by atoms with Gasteiger partial charge >= 0.3 is 0 Å². The molecule has 2 nitrogen and oxygen atoms in total. The summed E-state index contributed by atoms with van der Waals surface area (Å²) < 4.78 is 12.9. The Kier molecular flexibility index (Phi) is 3.42. The van der Waals surface area contributed by atoms with E-state index < -0.39 is 0 Å². The molecule has 0 fully saturated rings.